The number of hydrogen-bond donors (Lipinski definition) is 1. The van der Waals surface area contributed by atoms with Gasteiger partial charge in [-0.25, -0.2) is 9.37 Å². The Labute approximate surface area is 120 Å². The maximum absolute atomic E-state index is 13.8. The second-order valence-electron chi connectivity index (χ2n) is 4.73. The van der Waals surface area contributed by atoms with E-state index in [1.165, 1.54) is 13.2 Å². The SMILES string of the molecule is COc1ccc(-c2ccc3c(=O)[nH]c(C)nc3c2)cc1F. The van der Waals surface area contributed by atoms with Crippen LogP contribution in [0.5, 0.6) is 5.75 Å². The highest BCUT2D eigenvalue weighted by Gasteiger charge is 2.08. The minimum atomic E-state index is -0.426. The predicted octanol–water partition coefficient (Wildman–Crippen LogP) is 3.05. The van der Waals surface area contributed by atoms with Crippen LogP contribution in [0.15, 0.2) is 41.2 Å². The van der Waals surface area contributed by atoms with Crippen molar-refractivity contribution in [1.29, 1.82) is 0 Å². The van der Waals surface area contributed by atoms with E-state index < -0.39 is 5.82 Å². The van der Waals surface area contributed by atoms with E-state index in [1.54, 1.807) is 37.3 Å². The zero-order chi connectivity index (χ0) is 15.0. The van der Waals surface area contributed by atoms with Gasteiger partial charge in [-0.15, -0.1) is 0 Å². The van der Waals surface area contributed by atoms with Gasteiger partial charge in [-0.1, -0.05) is 12.1 Å². The molecule has 3 aromatic rings. The number of methoxy groups -OCH3 is 1. The fourth-order valence-corrected chi connectivity index (χ4v) is 2.28. The molecular weight excluding hydrogens is 271 g/mol. The largest absolute Gasteiger partial charge is 0.494 e. The van der Waals surface area contributed by atoms with Gasteiger partial charge in [-0.05, 0) is 42.3 Å². The number of aryl methyl sites for hydroxylation is 1. The molecule has 4 nitrogen and oxygen atoms in total. The summed E-state index contributed by atoms with van der Waals surface area (Å²) in [7, 11) is 1.42. The Balaban J connectivity index is 2.17. The van der Waals surface area contributed by atoms with Gasteiger partial charge >= 0.3 is 0 Å². The van der Waals surface area contributed by atoms with Crippen LogP contribution in [0.2, 0.25) is 0 Å². The average molecular weight is 284 g/mol. The Kier molecular flexibility index (Phi) is 3.17. The van der Waals surface area contributed by atoms with Crippen LogP contribution in [0.4, 0.5) is 4.39 Å². The van der Waals surface area contributed by atoms with Crippen molar-refractivity contribution in [1.82, 2.24) is 9.97 Å². The third kappa shape index (κ3) is 2.38. The van der Waals surface area contributed by atoms with Crippen LogP contribution in [0.3, 0.4) is 0 Å². The summed E-state index contributed by atoms with van der Waals surface area (Å²) in [6, 6.07) is 9.99. The maximum Gasteiger partial charge on any atom is 0.258 e. The fraction of sp³-hybridized carbons (Fsp3) is 0.125. The number of halogens is 1. The molecule has 0 aliphatic carbocycles. The van der Waals surface area contributed by atoms with Gasteiger partial charge in [0.2, 0.25) is 0 Å². The van der Waals surface area contributed by atoms with Crippen molar-refractivity contribution in [2.75, 3.05) is 7.11 Å². The molecule has 0 aliphatic heterocycles. The Bertz CT molecular complexity index is 887. The van der Waals surface area contributed by atoms with Gasteiger partial charge in [0.25, 0.3) is 5.56 Å². The second-order valence-corrected chi connectivity index (χ2v) is 4.73. The van der Waals surface area contributed by atoms with Crippen molar-refractivity contribution in [3.63, 3.8) is 0 Å². The molecule has 0 fully saturated rings. The second kappa shape index (κ2) is 5.01. The lowest BCUT2D eigenvalue weighted by Crippen LogP contribution is -2.09. The fourth-order valence-electron chi connectivity index (χ4n) is 2.28. The summed E-state index contributed by atoms with van der Waals surface area (Å²) in [6.45, 7) is 1.72. The smallest absolute Gasteiger partial charge is 0.258 e. The first-order valence-corrected chi connectivity index (χ1v) is 6.43. The quantitative estimate of drug-likeness (QED) is 0.787. The van der Waals surface area contributed by atoms with Gasteiger partial charge in [-0.2, -0.15) is 0 Å². The molecule has 1 aromatic heterocycles. The lowest BCUT2D eigenvalue weighted by atomic mass is 10.0. The third-order valence-corrected chi connectivity index (χ3v) is 3.31. The van der Waals surface area contributed by atoms with Crippen molar-refractivity contribution in [3.8, 4) is 16.9 Å². The molecule has 0 amide bonds. The highest BCUT2D eigenvalue weighted by molar-refractivity contribution is 5.83. The predicted molar refractivity (Wildman–Crippen MR) is 79.0 cm³/mol. The third-order valence-electron chi connectivity index (χ3n) is 3.31. The Morgan fingerprint density at radius 1 is 1.14 bits per heavy atom. The van der Waals surface area contributed by atoms with Crippen LogP contribution in [0.25, 0.3) is 22.0 Å². The number of rotatable bonds is 2. The van der Waals surface area contributed by atoms with E-state index in [4.69, 9.17) is 4.74 Å². The molecule has 106 valence electrons. The topological polar surface area (TPSA) is 55.0 Å². The monoisotopic (exact) mass is 284 g/mol. The van der Waals surface area contributed by atoms with Gasteiger partial charge in [0.05, 0.1) is 18.0 Å². The molecule has 1 heterocycles. The molecule has 0 radical (unpaired) electrons. The minimum absolute atomic E-state index is 0.176. The zero-order valence-corrected chi connectivity index (χ0v) is 11.6. The normalized spacial score (nSPS) is 10.8. The highest BCUT2D eigenvalue weighted by Crippen LogP contribution is 2.26. The summed E-state index contributed by atoms with van der Waals surface area (Å²) in [5.41, 5.74) is 1.91. The summed E-state index contributed by atoms with van der Waals surface area (Å²) >= 11 is 0. The molecule has 0 atom stereocenters. The first kappa shape index (κ1) is 13.3. The van der Waals surface area contributed by atoms with E-state index in [1.807, 2.05) is 0 Å². The van der Waals surface area contributed by atoms with Crippen LogP contribution < -0.4 is 10.3 Å². The number of benzene rings is 2. The number of fused-ring (bicyclic) bond motifs is 1. The van der Waals surface area contributed by atoms with E-state index in [-0.39, 0.29) is 11.3 Å². The number of H-pyrrole nitrogens is 1. The van der Waals surface area contributed by atoms with Crippen LogP contribution in [-0.2, 0) is 0 Å². The van der Waals surface area contributed by atoms with Crippen molar-refractivity contribution in [2.45, 2.75) is 6.92 Å². The Morgan fingerprint density at radius 2 is 1.86 bits per heavy atom. The van der Waals surface area contributed by atoms with E-state index in [9.17, 15) is 9.18 Å². The van der Waals surface area contributed by atoms with Gasteiger partial charge in [0.15, 0.2) is 11.6 Å². The first-order chi connectivity index (χ1) is 10.1. The number of ether oxygens (including phenoxy) is 1. The number of aromatic amines is 1. The molecule has 0 saturated heterocycles. The van der Waals surface area contributed by atoms with Crippen LogP contribution >= 0.6 is 0 Å². The van der Waals surface area contributed by atoms with Crippen LogP contribution in [0, 0.1) is 12.7 Å². The number of aromatic nitrogens is 2. The standard InChI is InChI=1S/C16H13FN2O2/c1-9-18-14-8-11(3-5-12(14)16(20)19-9)10-4-6-15(21-2)13(17)7-10/h3-8H,1-2H3,(H,18,19,20). The van der Waals surface area contributed by atoms with Crippen molar-refractivity contribution < 1.29 is 9.13 Å². The summed E-state index contributed by atoms with van der Waals surface area (Å²) < 4.78 is 18.7. The summed E-state index contributed by atoms with van der Waals surface area (Å²) in [6.07, 6.45) is 0. The Morgan fingerprint density at radius 3 is 2.57 bits per heavy atom. The summed E-state index contributed by atoms with van der Waals surface area (Å²) in [4.78, 5) is 18.8. The van der Waals surface area contributed by atoms with Gasteiger partial charge < -0.3 is 9.72 Å². The molecule has 3 rings (SSSR count). The zero-order valence-electron chi connectivity index (χ0n) is 11.6. The molecule has 0 spiro atoms. The lowest BCUT2D eigenvalue weighted by Gasteiger charge is -2.06. The van der Waals surface area contributed by atoms with Crippen molar-refractivity contribution >= 4 is 10.9 Å². The maximum atomic E-state index is 13.8. The molecular formula is C16H13FN2O2. The van der Waals surface area contributed by atoms with E-state index >= 15 is 0 Å². The van der Waals surface area contributed by atoms with Crippen molar-refractivity contribution in [2.24, 2.45) is 0 Å². The van der Waals surface area contributed by atoms with Crippen molar-refractivity contribution in [3.05, 3.63) is 58.4 Å². The molecule has 21 heavy (non-hydrogen) atoms. The number of nitrogens with one attached hydrogen (secondary N) is 1. The van der Waals surface area contributed by atoms with E-state index in [0.29, 0.717) is 22.3 Å². The van der Waals surface area contributed by atoms with Gasteiger partial charge in [-0.3, -0.25) is 4.79 Å². The number of hydrogen-bond acceptors (Lipinski definition) is 3. The average Bonchev–Trinajstić information content (AvgIpc) is 2.46. The molecule has 0 unspecified atom stereocenters. The van der Waals surface area contributed by atoms with E-state index in [0.717, 1.165) is 5.56 Å². The van der Waals surface area contributed by atoms with Gasteiger partial charge in [0, 0.05) is 0 Å². The van der Waals surface area contributed by atoms with Crippen LogP contribution in [-0.4, -0.2) is 17.1 Å². The molecule has 1 N–H and O–H groups in total. The highest BCUT2D eigenvalue weighted by atomic mass is 19.1. The van der Waals surface area contributed by atoms with Crippen LogP contribution in [0.1, 0.15) is 5.82 Å². The Hall–Kier alpha value is -2.69. The molecule has 5 heteroatoms. The summed E-state index contributed by atoms with van der Waals surface area (Å²) in [5.74, 6) is 0.320. The lowest BCUT2D eigenvalue weighted by molar-refractivity contribution is 0.386. The summed E-state index contributed by atoms with van der Waals surface area (Å²) in [5, 5.41) is 0.512. The minimum Gasteiger partial charge on any atom is -0.494 e. The van der Waals surface area contributed by atoms with Gasteiger partial charge in [0.1, 0.15) is 5.82 Å². The number of nitrogens with zero attached hydrogens (tertiary/aromatic N) is 1. The molecule has 0 aliphatic rings. The molecule has 2 aromatic carbocycles. The molecule has 0 bridgehead atoms. The molecule has 0 saturated carbocycles. The van der Waals surface area contributed by atoms with E-state index in [2.05, 4.69) is 9.97 Å². The first-order valence-electron chi connectivity index (χ1n) is 6.43.